The number of nitrogens with zero attached hydrogens (tertiary/aromatic N) is 5. The zero-order valence-corrected chi connectivity index (χ0v) is 21.9. The Bertz CT molecular complexity index is 851. The van der Waals surface area contributed by atoms with Gasteiger partial charge in [-0.2, -0.15) is 0 Å². The third kappa shape index (κ3) is 6.57. The summed E-state index contributed by atoms with van der Waals surface area (Å²) in [5, 5.41) is 3.07. The Morgan fingerprint density at radius 1 is 0.861 bits per heavy atom. The molecule has 36 heavy (non-hydrogen) atoms. The van der Waals surface area contributed by atoms with Gasteiger partial charge in [-0.1, -0.05) is 38.5 Å². The summed E-state index contributed by atoms with van der Waals surface area (Å²) in [6.45, 7) is 8.50. The summed E-state index contributed by atoms with van der Waals surface area (Å²) < 4.78 is 0. The highest BCUT2D eigenvalue weighted by molar-refractivity contribution is 5.94. The van der Waals surface area contributed by atoms with E-state index in [0.29, 0.717) is 12.1 Å². The average Bonchev–Trinajstić information content (AvgIpc) is 2.89. The first-order valence-electron chi connectivity index (χ1n) is 14.4. The fraction of sp³-hybridized carbons (Fsp3) is 0.750. The maximum absolute atomic E-state index is 12.8. The van der Waals surface area contributed by atoms with Gasteiger partial charge in [-0.25, -0.2) is 4.98 Å². The van der Waals surface area contributed by atoms with Crippen molar-refractivity contribution < 1.29 is 9.59 Å². The van der Waals surface area contributed by atoms with Crippen molar-refractivity contribution in [3.05, 3.63) is 23.9 Å². The average molecular weight is 497 g/mol. The number of aromatic nitrogens is 1. The van der Waals surface area contributed by atoms with Crippen LogP contribution in [0.1, 0.15) is 68.1 Å². The minimum Gasteiger partial charge on any atom is -0.354 e. The van der Waals surface area contributed by atoms with Crippen LogP contribution in [0.4, 0.5) is 5.82 Å². The molecule has 198 valence electrons. The molecule has 1 aromatic heterocycles. The third-order valence-corrected chi connectivity index (χ3v) is 8.89. The van der Waals surface area contributed by atoms with E-state index >= 15 is 0 Å². The van der Waals surface area contributed by atoms with Crippen LogP contribution in [0.5, 0.6) is 0 Å². The number of rotatable bonds is 8. The van der Waals surface area contributed by atoms with Crippen LogP contribution in [0.15, 0.2) is 18.3 Å². The number of carbonyl (C=O) groups excluding carboxylic acids is 2. The van der Waals surface area contributed by atoms with Crippen molar-refractivity contribution in [3.63, 3.8) is 0 Å². The molecule has 2 amide bonds. The predicted molar refractivity (Wildman–Crippen MR) is 142 cm³/mol. The first-order valence-corrected chi connectivity index (χ1v) is 14.4. The molecule has 5 rings (SSSR count). The van der Waals surface area contributed by atoms with Crippen LogP contribution >= 0.6 is 0 Å². The fourth-order valence-electron chi connectivity index (χ4n) is 6.19. The summed E-state index contributed by atoms with van der Waals surface area (Å²) in [7, 11) is 0. The van der Waals surface area contributed by atoms with Crippen molar-refractivity contribution in [1.29, 1.82) is 0 Å². The maximum atomic E-state index is 12.8. The molecular formula is C28H44N6O2. The quantitative estimate of drug-likeness (QED) is 0.597. The second kappa shape index (κ2) is 12.4. The van der Waals surface area contributed by atoms with Crippen molar-refractivity contribution >= 4 is 17.6 Å². The van der Waals surface area contributed by atoms with Crippen molar-refractivity contribution in [1.82, 2.24) is 25.0 Å². The number of hydrogen-bond acceptors (Lipinski definition) is 6. The van der Waals surface area contributed by atoms with Crippen LogP contribution in [0.25, 0.3) is 0 Å². The SMILES string of the molecule is O=C(NCCC1CCCCC1)c1ccc(N2CCN(CC(=O)N3CCN(C4CCC4)CC3)CC2)nc1. The van der Waals surface area contributed by atoms with E-state index in [1.165, 1.54) is 51.4 Å². The summed E-state index contributed by atoms with van der Waals surface area (Å²) in [4.78, 5) is 39.1. The normalized spacial score (nSPS) is 22.9. The van der Waals surface area contributed by atoms with E-state index in [1.54, 1.807) is 6.20 Å². The number of pyridine rings is 1. The topological polar surface area (TPSA) is 72.0 Å². The number of amides is 2. The summed E-state index contributed by atoms with van der Waals surface area (Å²) in [6.07, 6.45) is 13.5. The number of piperazine rings is 2. The first-order chi connectivity index (χ1) is 17.7. The van der Waals surface area contributed by atoms with E-state index in [2.05, 4.69) is 29.9 Å². The van der Waals surface area contributed by atoms with E-state index in [4.69, 9.17) is 0 Å². The molecule has 1 aromatic rings. The van der Waals surface area contributed by atoms with Gasteiger partial charge in [-0.3, -0.25) is 19.4 Å². The van der Waals surface area contributed by atoms with Gasteiger partial charge < -0.3 is 15.1 Å². The second-order valence-corrected chi connectivity index (χ2v) is 11.2. The lowest BCUT2D eigenvalue weighted by Gasteiger charge is -2.43. The first kappa shape index (κ1) is 25.5. The van der Waals surface area contributed by atoms with Crippen LogP contribution in [0, 0.1) is 5.92 Å². The van der Waals surface area contributed by atoms with Crippen LogP contribution in [0.2, 0.25) is 0 Å². The van der Waals surface area contributed by atoms with Gasteiger partial charge >= 0.3 is 0 Å². The van der Waals surface area contributed by atoms with Gasteiger partial charge in [0.2, 0.25) is 5.91 Å². The molecule has 2 saturated heterocycles. The standard InChI is InChI=1S/C28H44N6O2/c35-27(34-19-17-32(18-20-34)25-7-4-8-25)22-31-13-15-33(16-14-31)26-10-9-24(21-30-26)28(36)29-12-11-23-5-2-1-3-6-23/h9-10,21,23,25H,1-8,11-20,22H2,(H,29,36). The Balaban J connectivity index is 1.00. The van der Waals surface area contributed by atoms with Gasteiger partial charge in [0.1, 0.15) is 5.82 Å². The minimum atomic E-state index is -0.0262. The number of carbonyl (C=O) groups is 2. The molecule has 4 fully saturated rings. The molecule has 8 heteroatoms. The zero-order chi connectivity index (χ0) is 24.7. The van der Waals surface area contributed by atoms with Crippen LogP contribution in [-0.4, -0.2) is 103 Å². The molecule has 2 saturated carbocycles. The molecule has 0 unspecified atom stereocenters. The molecule has 3 heterocycles. The highest BCUT2D eigenvalue weighted by Gasteiger charge is 2.30. The number of nitrogens with one attached hydrogen (secondary N) is 1. The number of anilines is 1. The Morgan fingerprint density at radius 3 is 2.25 bits per heavy atom. The van der Waals surface area contributed by atoms with Crippen molar-refractivity contribution in [3.8, 4) is 0 Å². The number of hydrogen-bond donors (Lipinski definition) is 1. The summed E-state index contributed by atoms with van der Waals surface area (Å²) >= 11 is 0. The Morgan fingerprint density at radius 2 is 1.61 bits per heavy atom. The van der Waals surface area contributed by atoms with E-state index < -0.39 is 0 Å². The van der Waals surface area contributed by atoms with Gasteiger partial charge in [0.25, 0.3) is 5.91 Å². The van der Waals surface area contributed by atoms with Gasteiger partial charge in [-0.05, 0) is 37.3 Å². The largest absolute Gasteiger partial charge is 0.354 e. The van der Waals surface area contributed by atoms with Crippen molar-refractivity contribution in [2.75, 3.05) is 70.3 Å². The lowest BCUT2D eigenvalue weighted by Crippen LogP contribution is -2.56. The van der Waals surface area contributed by atoms with E-state index in [0.717, 1.165) is 83.1 Å². The molecule has 0 aromatic carbocycles. The molecular weight excluding hydrogens is 452 g/mol. The highest BCUT2D eigenvalue weighted by Crippen LogP contribution is 2.26. The Hall–Kier alpha value is -2.19. The van der Waals surface area contributed by atoms with Crippen LogP contribution in [-0.2, 0) is 4.79 Å². The lowest BCUT2D eigenvalue weighted by molar-refractivity contribution is -0.134. The monoisotopic (exact) mass is 496 g/mol. The molecule has 0 bridgehead atoms. The highest BCUT2D eigenvalue weighted by atomic mass is 16.2. The maximum Gasteiger partial charge on any atom is 0.252 e. The van der Waals surface area contributed by atoms with Gasteiger partial charge in [-0.15, -0.1) is 0 Å². The molecule has 2 aliphatic heterocycles. The fourth-order valence-corrected chi connectivity index (χ4v) is 6.19. The summed E-state index contributed by atoms with van der Waals surface area (Å²) in [5.41, 5.74) is 0.629. The van der Waals surface area contributed by atoms with E-state index in [-0.39, 0.29) is 11.8 Å². The summed E-state index contributed by atoms with van der Waals surface area (Å²) in [6, 6.07) is 4.62. The molecule has 0 atom stereocenters. The smallest absolute Gasteiger partial charge is 0.252 e. The van der Waals surface area contributed by atoms with Gasteiger partial charge in [0, 0.05) is 71.1 Å². The van der Waals surface area contributed by atoms with Crippen molar-refractivity contribution in [2.24, 2.45) is 5.92 Å². The zero-order valence-electron chi connectivity index (χ0n) is 21.9. The molecule has 0 spiro atoms. The minimum absolute atomic E-state index is 0.0262. The third-order valence-electron chi connectivity index (χ3n) is 8.89. The molecule has 4 aliphatic rings. The molecule has 2 aliphatic carbocycles. The molecule has 1 N–H and O–H groups in total. The Labute approximate surface area is 216 Å². The molecule has 0 radical (unpaired) electrons. The molecule has 8 nitrogen and oxygen atoms in total. The van der Waals surface area contributed by atoms with Gasteiger partial charge in [0.05, 0.1) is 12.1 Å². The van der Waals surface area contributed by atoms with Crippen LogP contribution in [0.3, 0.4) is 0 Å². The van der Waals surface area contributed by atoms with Crippen molar-refractivity contribution in [2.45, 2.75) is 63.8 Å². The predicted octanol–water partition coefficient (Wildman–Crippen LogP) is 2.60. The van der Waals surface area contributed by atoms with E-state index in [1.807, 2.05) is 12.1 Å². The van der Waals surface area contributed by atoms with Gasteiger partial charge in [0.15, 0.2) is 0 Å². The summed E-state index contributed by atoms with van der Waals surface area (Å²) in [5.74, 6) is 1.93. The Kier molecular flexibility index (Phi) is 8.75. The lowest BCUT2D eigenvalue weighted by atomic mass is 9.87. The van der Waals surface area contributed by atoms with Crippen LogP contribution < -0.4 is 10.2 Å². The van der Waals surface area contributed by atoms with E-state index in [9.17, 15) is 9.59 Å². The second-order valence-electron chi connectivity index (χ2n) is 11.2.